The van der Waals surface area contributed by atoms with Crippen LogP contribution in [0.2, 0.25) is 0 Å². The molecule has 0 unspecified atom stereocenters. The Hall–Kier alpha value is -2.15. The molecule has 0 amide bonds. The van der Waals surface area contributed by atoms with Crippen molar-refractivity contribution in [1.29, 1.82) is 0 Å². The lowest BCUT2D eigenvalue weighted by molar-refractivity contribution is 0.112. The maximum absolute atomic E-state index is 10.7. The Kier molecular flexibility index (Phi) is 4.41. The molecule has 90 valence electrons. The Morgan fingerprint density at radius 3 is 2.88 bits per heavy atom. The number of carbonyl (C=O) groups is 1. The first-order valence-corrected chi connectivity index (χ1v) is 4.95. The highest BCUT2D eigenvalue weighted by Gasteiger charge is 2.12. The topological polar surface area (TPSA) is 96.9 Å². The van der Waals surface area contributed by atoms with Crippen molar-refractivity contribution in [3.05, 3.63) is 29.3 Å². The summed E-state index contributed by atoms with van der Waals surface area (Å²) in [7, 11) is 1.37. The Morgan fingerprint density at radius 2 is 2.35 bits per heavy atom. The van der Waals surface area contributed by atoms with Crippen LogP contribution in [0, 0.1) is 0 Å². The maximum atomic E-state index is 10.7. The van der Waals surface area contributed by atoms with Crippen molar-refractivity contribution in [2.45, 2.75) is 0 Å². The molecule has 0 aliphatic heterocycles. The van der Waals surface area contributed by atoms with E-state index in [9.17, 15) is 9.90 Å². The fourth-order valence-electron chi connectivity index (χ4n) is 1.15. The molecular formula is C10H11N3O3S. The van der Waals surface area contributed by atoms with Crippen LogP contribution in [0.3, 0.4) is 0 Å². The summed E-state index contributed by atoms with van der Waals surface area (Å²) in [4.78, 5) is 10.7. The first kappa shape index (κ1) is 12.9. The predicted octanol–water partition coefficient (Wildman–Crippen LogP) is 0.346. The summed E-state index contributed by atoms with van der Waals surface area (Å²) in [5.74, 6) is -0.146. The summed E-state index contributed by atoms with van der Waals surface area (Å²) in [5, 5.41) is 13.5. The molecule has 0 aliphatic carbocycles. The monoisotopic (exact) mass is 253 g/mol. The SMILES string of the molecule is COC(=NNC(N)=S)c1cccc(C=O)c1O. The number of nitrogens with zero attached hydrogens (tertiary/aromatic N) is 1. The summed E-state index contributed by atoms with van der Waals surface area (Å²) in [6, 6.07) is 4.61. The highest BCUT2D eigenvalue weighted by Crippen LogP contribution is 2.21. The van der Waals surface area contributed by atoms with E-state index in [2.05, 4.69) is 22.7 Å². The molecule has 1 aromatic rings. The second-order valence-electron chi connectivity index (χ2n) is 2.96. The number of rotatable bonds is 3. The molecule has 6 nitrogen and oxygen atoms in total. The number of benzene rings is 1. The van der Waals surface area contributed by atoms with Crippen LogP contribution in [-0.4, -0.2) is 29.5 Å². The van der Waals surface area contributed by atoms with Crippen LogP contribution in [0.5, 0.6) is 5.75 Å². The van der Waals surface area contributed by atoms with E-state index in [1.807, 2.05) is 0 Å². The van der Waals surface area contributed by atoms with Gasteiger partial charge in [0, 0.05) is 0 Å². The Balaban J connectivity index is 3.16. The van der Waals surface area contributed by atoms with Gasteiger partial charge in [-0.15, -0.1) is 5.10 Å². The van der Waals surface area contributed by atoms with Crippen molar-refractivity contribution in [1.82, 2.24) is 5.43 Å². The summed E-state index contributed by atoms with van der Waals surface area (Å²) in [6.45, 7) is 0. The Bertz CT molecular complexity index is 474. The normalized spacial score (nSPS) is 10.8. The van der Waals surface area contributed by atoms with Gasteiger partial charge in [0.25, 0.3) is 0 Å². The minimum atomic E-state index is -0.215. The van der Waals surface area contributed by atoms with E-state index < -0.39 is 0 Å². The number of nitrogens with one attached hydrogen (secondary N) is 1. The van der Waals surface area contributed by atoms with Crippen LogP contribution in [0.15, 0.2) is 23.3 Å². The van der Waals surface area contributed by atoms with Crippen molar-refractivity contribution in [2.75, 3.05) is 7.11 Å². The quantitative estimate of drug-likeness (QED) is 0.236. The first-order valence-electron chi connectivity index (χ1n) is 4.54. The zero-order valence-electron chi connectivity index (χ0n) is 9.01. The van der Waals surface area contributed by atoms with Crippen LogP contribution < -0.4 is 11.2 Å². The highest BCUT2D eigenvalue weighted by molar-refractivity contribution is 7.80. The van der Waals surface area contributed by atoms with E-state index in [-0.39, 0.29) is 27.9 Å². The molecule has 17 heavy (non-hydrogen) atoms. The lowest BCUT2D eigenvalue weighted by Crippen LogP contribution is -2.26. The van der Waals surface area contributed by atoms with Crippen molar-refractivity contribution >= 4 is 29.5 Å². The number of aldehydes is 1. The molecule has 1 rings (SSSR count). The summed E-state index contributed by atoms with van der Waals surface area (Å²) in [5.41, 5.74) is 7.95. The van der Waals surface area contributed by atoms with E-state index >= 15 is 0 Å². The third kappa shape index (κ3) is 3.15. The number of methoxy groups -OCH3 is 1. The number of thiocarbonyl (C=S) groups is 1. The average Bonchev–Trinajstić information content (AvgIpc) is 2.31. The standard InChI is InChI=1S/C10H11N3O3S/c1-16-9(12-13-10(11)17)7-4-2-3-6(5-14)8(7)15/h2-5,15H,1H3,(H3,11,13,17). The van der Waals surface area contributed by atoms with E-state index in [1.165, 1.54) is 13.2 Å². The molecule has 0 aliphatic rings. The number of phenolic OH excluding ortho intramolecular Hbond substituents is 1. The molecule has 0 spiro atoms. The second-order valence-corrected chi connectivity index (χ2v) is 3.40. The molecule has 0 aromatic heterocycles. The van der Waals surface area contributed by atoms with Crippen LogP contribution >= 0.6 is 12.2 Å². The smallest absolute Gasteiger partial charge is 0.241 e. The van der Waals surface area contributed by atoms with Gasteiger partial charge in [-0.05, 0) is 24.4 Å². The van der Waals surface area contributed by atoms with Gasteiger partial charge >= 0.3 is 0 Å². The van der Waals surface area contributed by atoms with Crippen molar-refractivity contribution in [3.8, 4) is 5.75 Å². The number of nitrogens with two attached hydrogens (primary N) is 1. The molecule has 4 N–H and O–H groups in total. The maximum Gasteiger partial charge on any atom is 0.241 e. The molecule has 0 saturated carbocycles. The predicted molar refractivity (Wildman–Crippen MR) is 67.0 cm³/mol. The number of hydrogen-bond acceptors (Lipinski definition) is 5. The summed E-state index contributed by atoms with van der Waals surface area (Å²) >= 11 is 4.58. The van der Waals surface area contributed by atoms with Gasteiger partial charge in [0.1, 0.15) is 5.75 Å². The number of ether oxygens (including phenoxy) is 1. The third-order valence-corrected chi connectivity index (χ3v) is 1.98. The number of phenols is 1. The van der Waals surface area contributed by atoms with Crippen molar-refractivity contribution in [2.24, 2.45) is 10.8 Å². The van der Waals surface area contributed by atoms with Crippen molar-refractivity contribution in [3.63, 3.8) is 0 Å². The zero-order chi connectivity index (χ0) is 12.8. The van der Waals surface area contributed by atoms with Gasteiger partial charge in [-0.2, -0.15) is 0 Å². The molecule has 0 saturated heterocycles. The van der Waals surface area contributed by atoms with E-state index in [1.54, 1.807) is 12.1 Å². The molecule has 0 heterocycles. The van der Waals surface area contributed by atoms with Gasteiger partial charge in [-0.25, -0.2) is 0 Å². The van der Waals surface area contributed by atoms with Crippen LogP contribution in [0.25, 0.3) is 0 Å². The molecule has 0 radical (unpaired) electrons. The van der Waals surface area contributed by atoms with E-state index in [4.69, 9.17) is 10.5 Å². The number of aromatic hydroxyl groups is 1. The van der Waals surface area contributed by atoms with Gasteiger partial charge < -0.3 is 15.6 Å². The van der Waals surface area contributed by atoms with Crippen LogP contribution in [0.4, 0.5) is 0 Å². The minimum Gasteiger partial charge on any atom is -0.506 e. The van der Waals surface area contributed by atoms with Gasteiger partial charge in [-0.3, -0.25) is 10.2 Å². The molecule has 7 heteroatoms. The number of para-hydroxylation sites is 1. The highest BCUT2D eigenvalue weighted by atomic mass is 32.1. The fraction of sp³-hybridized carbons (Fsp3) is 0.100. The van der Waals surface area contributed by atoms with Crippen molar-refractivity contribution < 1.29 is 14.6 Å². The zero-order valence-corrected chi connectivity index (χ0v) is 9.82. The van der Waals surface area contributed by atoms with E-state index in [0.29, 0.717) is 6.29 Å². The number of carbonyl (C=O) groups excluding carboxylic acids is 1. The number of hydrogen-bond donors (Lipinski definition) is 3. The van der Waals surface area contributed by atoms with Crippen LogP contribution in [0.1, 0.15) is 15.9 Å². The molecule has 1 aromatic carbocycles. The number of hydrazone groups is 1. The van der Waals surface area contributed by atoms with Crippen LogP contribution in [-0.2, 0) is 4.74 Å². The Morgan fingerprint density at radius 1 is 1.65 bits per heavy atom. The summed E-state index contributed by atoms with van der Waals surface area (Å²) < 4.78 is 4.96. The van der Waals surface area contributed by atoms with E-state index in [0.717, 1.165) is 0 Å². The fourth-order valence-corrected chi connectivity index (χ4v) is 1.20. The van der Waals surface area contributed by atoms with Gasteiger partial charge in [0.15, 0.2) is 11.4 Å². The van der Waals surface area contributed by atoms with Gasteiger partial charge in [-0.1, -0.05) is 6.07 Å². The molecule has 0 bridgehead atoms. The molecule has 0 atom stereocenters. The third-order valence-electron chi connectivity index (χ3n) is 1.89. The second kappa shape index (κ2) is 5.80. The molecule has 0 fully saturated rings. The minimum absolute atomic E-state index is 0.0365. The van der Waals surface area contributed by atoms with Gasteiger partial charge in [0.2, 0.25) is 5.90 Å². The lowest BCUT2D eigenvalue weighted by atomic mass is 10.1. The molecular weight excluding hydrogens is 242 g/mol. The van der Waals surface area contributed by atoms with Gasteiger partial charge in [0.05, 0.1) is 18.2 Å². The first-order chi connectivity index (χ1) is 8.10. The average molecular weight is 253 g/mol. The largest absolute Gasteiger partial charge is 0.506 e. The lowest BCUT2D eigenvalue weighted by Gasteiger charge is -2.08. The Labute approximate surface area is 103 Å². The summed E-state index contributed by atoms with van der Waals surface area (Å²) in [6.07, 6.45) is 0.535.